The highest BCUT2D eigenvalue weighted by Gasteiger charge is 2.24. The molecule has 1 aliphatic carbocycles. The molecule has 0 spiro atoms. The van der Waals surface area contributed by atoms with Crippen molar-refractivity contribution in [1.82, 2.24) is 10.6 Å². The highest BCUT2D eigenvalue weighted by molar-refractivity contribution is 5.81. The fraction of sp³-hybridized carbons (Fsp3) is 0.562. The van der Waals surface area contributed by atoms with E-state index in [1.807, 2.05) is 26.0 Å². The van der Waals surface area contributed by atoms with E-state index in [1.54, 1.807) is 6.07 Å². The third-order valence-electron chi connectivity index (χ3n) is 3.84. The molecule has 2 atom stereocenters. The predicted molar refractivity (Wildman–Crippen MR) is 79.7 cm³/mol. The molecule has 1 aliphatic rings. The van der Waals surface area contributed by atoms with Crippen LogP contribution in [-0.4, -0.2) is 23.6 Å². The Bertz CT molecular complexity index is 474. The van der Waals surface area contributed by atoms with Crippen molar-refractivity contribution in [3.63, 3.8) is 0 Å². The molecule has 4 nitrogen and oxygen atoms in total. The molecule has 1 amide bonds. The van der Waals surface area contributed by atoms with E-state index in [0.29, 0.717) is 12.3 Å². The topological polar surface area (TPSA) is 61.4 Å². The molecular formula is C16H24N2O2. The van der Waals surface area contributed by atoms with Crippen LogP contribution in [0.3, 0.4) is 0 Å². The number of aromatic hydroxyl groups is 1. The van der Waals surface area contributed by atoms with Crippen molar-refractivity contribution in [3.05, 3.63) is 29.3 Å². The first-order valence-electron chi connectivity index (χ1n) is 7.47. The molecule has 2 rings (SSSR count). The van der Waals surface area contributed by atoms with E-state index < -0.39 is 0 Å². The summed E-state index contributed by atoms with van der Waals surface area (Å²) in [5.41, 5.74) is 2.40. The third-order valence-corrected chi connectivity index (χ3v) is 3.84. The summed E-state index contributed by atoms with van der Waals surface area (Å²) < 4.78 is 0. The number of benzene rings is 1. The maximum Gasteiger partial charge on any atom is 0.236 e. The number of carbonyl (C=O) groups is 1. The summed E-state index contributed by atoms with van der Waals surface area (Å²) in [6, 6.07) is 5.47. The van der Waals surface area contributed by atoms with Crippen LogP contribution in [0, 0.1) is 0 Å². The van der Waals surface area contributed by atoms with Crippen LogP contribution in [0.25, 0.3) is 0 Å². The number of phenols is 1. The minimum atomic E-state index is -0.222. The number of aryl methyl sites for hydroxylation is 1. The Morgan fingerprint density at radius 3 is 3.05 bits per heavy atom. The van der Waals surface area contributed by atoms with Crippen LogP contribution in [-0.2, 0) is 11.2 Å². The quantitative estimate of drug-likeness (QED) is 0.773. The smallest absolute Gasteiger partial charge is 0.236 e. The van der Waals surface area contributed by atoms with Crippen LogP contribution in [0.1, 0.15) is 50.3 Å². The number of phenolic OH excluding ortho intramolecular Hbond substituents is 1. The first-order chi connectivity index (χ1) is 9.61. The van der Waals surface area contributed by atoms with Crippen molar-refractivity contribution in [1.29, 1.82) is 0 Å². The number of carbonyl (C=O) groups excluding carboxylic acids is 1. The summed E-state index contributed by atoms with van der Waals surface area (Å²) in [6.45, 7) is 4.65. The van der Waals surface area contributed by atoms with Crippen LogP contribution in [0.15, 0.2) is 18.2 Å². The van der Waals surface area contributed by atoms with Gasteiger partial charge >= 0.3 is 0 Å². The van der Waals surface area contributed by atoms with Gasteiger partial charge in [-0.05, 0) is 55.9 Å². The summed E-state index contributed by atoms with van der Waals surface area (Å²) in [6.07, 6.45) is 4.10. The molecule has 4 heteroatoms. The van der Waals surface area contributed by atoms with Gasteiger partial charge in [0.15, 0.2) is 0 Å². The summed E-state index contributed by atoms with van der Waals surface area (Å²) >= 11 is 0. The van der Waals surface area contributed by atoms with E-state index in [1.165, 1.54) is 5.56 Å². The first kappa shape index (κ1) is 14.9. The molecule has 1 aromatic rings. The fourth-order valence-corrected chi connectivity index (χ4v) is 2.74. The van der Waals surface area contributed by atoms with Crippen molar-refractivity contribution >= 4 is 5.91 Å². The predicted octanol–water partition coefficient (Wildman–Crippen LogP) is 2.27. The third kappa shape index (κ3) is 3.51. The van der Waals surface area contributed by atoms with Crippen LogP contribution < -0.4 is 10.6 Å². The molecule has 0 aliphatic heterocycles. The van der Waals surface area contributed by atoms with Crippen molar-refractivity contribution in [2.45, 2.75) is 51.6 Å². The zero-order valence-electron chi connectivity index (χ0n) is 12.3. The van der Waals surface area contributed by atoms with Gasteiger partial charge in [0.2, 0.25) is 5.91 Å². The van der Waals surface area contributed by atoms with Gasteiger partial charge < -0.3 is 10.4 Å². The van der Waals surface area contributed by atoms with Crippen molar-refractivity contribution in [2.75, 3.05) is 6.54 Å². The fourth-order valence-electron chi connectivity index (χ4n) is 2.74. The van der Waals surface area contributed by atoms with Gasteiger partial charge in [0, 0.05) is 12.6 Å². The lowest BCUT2D eigenvalue weighted by molar-refractivity contribution is -0.122. The Morgan fingerprint density at radius 1 is 1.50 bits per heavy atom. The van der Waals surface area contributed by atoms with Crippen LogP contribution >= 0.6 is 0 Å². The number of hydrogen-bond acceptors (Lipinski definition) is 3. The summed E-state index contributed by atoms with van der Waals surface area (Å²) in [5.74, 6) is 0.333. The zero-order chi connectivity index (χ0) is 14.5. The monoisotopic (exact) mass is 276 g/mol. The molecule has 0 fully saturated rings. The lowest BCUT2D eigenvalue weighted by Gasteiger charge is -2.29. The Balaban J connectivity index is 2.04. The van der Waals surface area contributed by atoms with Gasteiger partial charge in [-0.2, -0.15) is 0 Å². The average Bonchev–Trinajstić information content (AvgIpc) is 2.45. The maximum atomic E-state index is 11.9. The lowest BCUT2D eigenvalue weighted by atomic mass is 9.87. The maximum absolute atomic E-state index is 11.9. The van der Waals surface area contributed by atoms with Gasteiger partial charge in [-0.15, -0.1) is 0 Å². The minimum Gasteiger partial charge on any atom is -0.508 e. The van der Waals surface area contributed by atoms with E-state index in [-0.39, 0.29) is 18.0 Å². The number of fused-ring (bicyclic) bond motifs is 1. The number of rotatable bonds is 5. The van der Waals surface area contributed by atoms with Crippen LogP contribution in [0.5, 0.6) is 5.75 Å². The Labute approximate surface area is 120 Å². The lowest BCUT2D eigenvalue weighted by Crippen LogP contribution is -2.44. The molecule has 0 saturated carbocycles. The molecule has 0 aromatic heterocycles. The van der Waals surface area contributed by atoms with E-state index in [2.05, 4.69) is 10.6 Å². The van der Waals surface area contributed by atoms with Crippen molar-refractivity contribution < 1.29 is 9.90 Å². The molecule has 3 N–H and O–H groups in total. The molecule has 0 saturated heterocycles. The molecule has 0 radical (unpaired) electrons. The standard InChI is InChI=1S/C16H24N2O2/c1-3-9-17-16(20)11(2)18-15-6-4-5-12-7-8-13(19)10-14(12)15/h7-8,10-11,15,18-19H,3-6,9H2,1-2H3,(H,17,20). The SMILES string of the molecule is CCCNC(=O)C(C)NC1CCCc2ccc(O)cc21. The molecule has 2 unspecified atom stereocenters. The second-order valence-corrected chi connectivity index (χ2v) is 5.51. The summed E-state index contributed by atoms with van der Waals surface area (Å²) in [7, 11) is 0. The van der Waals surface area contributed by atoms with Crippen LogP contribution in [0.2, 0.25) is 0 Å². The van der Waals surface area contributed by atoms with Gasteiger partial charge in [0.1, 0.15) is 5.75 Å². The van der Waals surface area contributed by atoms with Gasteiger partial charge in [0.25, 0.3) is 0 Å². The number of hydrogen-bond donors (Lipinski definition) is 3. The second-order valence-electron chi connectivity index (χ2n) is 5.51. The molecule has 0 heterocycles. The Hall–Kier alpha value is -1.55. The van der Waals surface area contributed by atoms with Gasteiger partial charge in [-0.3, -0.25) is 10.1 Å². The van der Waals surface area contributed by atoms with Crippen LogP contribution in [0.4, 0.5) is 0 Å². The molecule has 20 heavy (non-hydrogen) atoms. The van der Waals surface area contributed by atoms with E-state index in [0.717, 1.165) is 31.2 Å². The van der Waals surface area contributed by atoms with Gasteiger partial charge in [-0.25, -0.2) is 0 Å². The second kappa shape index (κ2) is 6.75. The van der Waals surface area contributed by atoms with E-state index in [9.17, 15) is 9.90 Å². The largest absolute Gasteiger partial charge is 0.508 e. The molecular weight excluding hydrogens is 252 g/mol. The molecule has 1 aromatic carbocycles. The summed E-state index contributed by atoms with van der Waals surface area (Å²) in [4.78, 5) is 11.9. The highest BCUT2D eigenvalue weighted by Crippen LogP contribution is 2.32. The average molecular weight is 276 g/mol. The minimum absolute atomic E-state index is 0.0409. The Morgan fingerprint density at radius 2 is 2.30 bits per heavy atom. The molecule has 0 bridgehead atoms. The number of amides is 1. The van der Waals surface area contributed by atoms with Gasteiger partial charge in [-0.1, -0.05) is 13.0 Å². The van der Waals surface area contributed by atoms with E-state index in [4.69, 9.17) is 0 Å². The first-order valence-corrected chi connectivity index (χ1v) is 7.47. The number of nitrogens with one attached hydrogen (secondary N) is 2. The molecule has 110 valence electrons. The van der Waals surface area contributed by atoms with Gasteiger partial charge in [0.05, 0.1) is 6.04 Å². The summed E-state index contributed by atoms with van der Waals surface area (Å²) in [5, 5.41) is 16.0. The normalized spacial score (nSPS) is 19.2. The highest BCUT2D eigenvalue weighted by atomic mass is 16.3. The van der Waals surface area contributed by atoms with Crippen molar-refractivity contribution in [3.8, 4) is 5.75 Å². The van der Waals surface area contributed by atoms with E-state index >= 15 is 0 Å². The van der Waals surface area contributed by atoms with Crippen molar-refractivity contribution in [2.24, 2.45) is 0 Å². The Kier molecular flexibility index (Phi) is 5.01. The zero-order valence-corrected chi connectivity index (χ0v) is 12.3.